The van der Waals surface area contributed by atoms with Gasteiger partial charge in [-0.2, -0.15) is 0 Å². The van der Waals surface area contributed by atoms with E-state index in [0.717, 1.165) is 24.9 Å². The topological polar surface area (TPSA) is 51.0 Å². The van der Waals surface area contributed by atoms with E-state index >= 15 is 0 Å². The summed E-state index contributed by atoms with van der Waals surface area (Å²) in [5.74, 6) is 0.0676. The zero-order chi connectivity index (χ0) is 13.9. The molecule has 1 atom stereocenters. The quantitative estimate of drug-likeness (QED) is 0.871. The van der Waals surface area contributed by atoms with Gasteiger partial charge in [-0.3, -0.25) is 4.79 Å². The Balaban J connectivity index is 1.77. The number of benzene rings is 1. The Morgan fingerprint density at radius 3 is 3.10 bits per heavy atom. The summed E-state index contributed by atoms with van der Waals surface area (Å²) in [6.45, 7) is 1.02. The van der Waals surface area contributed by atoms with Gasteiger partial charge in [0.2, 0.25) is 5.91 Å². The van der Waals surface area contributed by atoms with Crippen molar-refractivity contribution in [2.24, 2.45) is 0 Å². The second-order valence-corrected chi connectivity index (χ2v) is 5.34. The molecule has 1 amide bonds. The van der Waals surface area contributed by atoms with Crippen LogP contribution >= 0.6 is 11.6 Å². The van der Waals surface area contributed by atoms with Gasteiger partial charge in [0.1, 0.15) is 6.54 Å². The average Bonchev–Trinajstić information content (AvgIpc) is 3.09. The van der Waals surface area contributed by atoms with Crippen LogP contribution in [0.3, 0.4) is 0 Å². The first-order valence-electron chi connectivity index (χ1n) is 6.63. The molecule has 20 heavy (non-hydrogen) atoms. The maximum atomic E-state index is 12.4. The highest BCUT2D eigenvalue weighted by molar-refractivity contribution is 6.30. The molecule has 1 aliphatic heterocycles. The van der Waals surface area contributed by atoms with Crippen LogP contribution in [-0.4, -0.2) is 32.3 Å². The van der Waals surface area contributed by atoms with Gasteiger partial charge in [-0.15, -0.1) is 5.10 Å². The molecule has 104 valence electrons. The molecule has 1 fully saturated rings. The fourth-order valence-corrected chi connectivity index (χ4v) is 2.87. The lowest BCUT2D eigenvalue weighted by molar-refractivity contribution is -0.133. The van der Waals surface area contributed by atoms with Gasteiger partial charge >= 0.3 is 0 Å². The molecule has 1 saturated heterocycles. The molecule has 1 aromatic carbocycles. The molecule has 5 nitrogen and oxygen atoms in total. The molecule has 0 bridgehead atoms. The lowest BCUT2D eigenvalue weighted by Gasteiger charge is -2.25. The molecule has 1 aliphatic rings. The number of aromatic nitrogens is 3. The Morgan fingerprint density at radius 2 is 2.35 bits per heavy atom. The summed E-state index contributed by atoms with van der Waals surface area (Å²) in [6.07, 6.45) is 5.26. The molecule has 0 aliphatic carbocycles. The molecule has 3 rings (SSSR count). The SMILES string of the molecule is O=C(Cn1ccnn1)N1CCCC1c1cccc(Cl)c1. The number of likely N-dealkylation sites (tertiary alicyclic amines) is 1. The first-order valence-corrected chi connectivity index (χ1v) is 7.01. The van der Waals surface area contributed by atoms with Crippen LogP contribution in [0.25, 0.3) is 0 Å². The van der Waals surface area contributed by atoms with E-state index in [2.05, 4.69) is 10.3 Å². The highest BCUT2D eigenvalue weighted by atomic mass is 35.5. The van der Waals surface area contributed by atoms with Crippen molar-refractivity contribution in [3.63, 3.8) is 0 Å². The van der Waals surface area contributed by atoms with Crippen LogP contribution in [0.5, 0.6) is 0 Å². The van der Waals surface area contributed by atoms with Crippen molar-refractivity contribution < 1.29 is 4.79 Å². The van der Waals surface area contributed by atoms with E-state index in [1.807, 2.05) is 29.2 Å². The molecular formula is C14H15ClN4O. The molecule has 0 saturated carbocycles. The average molecular weight is 291 g/mol. The van der Waals surface area contributed by atoms with Crippen molar-refractivity contribution >= 4 is 17.5 Å². The Morgan fingerprint density at radius 1 is 1.45 bits per heavy atom. The highest BCUT2D eigenvalue weighted by Gasteiger charge is 2.30. The van der Waals surface area contributed by atoms with E-state index in [-0.39, 0.29) is 18.5 Å². The molecule has 2 aromatic rings. The Labute approximate surface area is 122 Å². The van der Waals surface area contributed by atoms with E-state index in [0.29, 0.717) is 5.02 Å². The molecule has 0 radical (unpaired) electrons. The number of nitrogens with zero attached hydrogens (tertiary/aromatic N) is 4. The highest BCUT2D eigenvalue weighted by Crippen LogP contribution is 2.33. The summed E-state index contributed by atoms with van der Waals surface area (Å²) in [6, 6.07) is 7.85. The van der Waals surface area contributed by atoms with Crippen LogP contribution in [0, 0.1) is 0 Å². The van der Waals surface area contributed by atoms with Gasteiger partial charge in [0.05, 0.1) is 12.2 Å². The van der Waals surface area contributed by atoms with Crippen LogP contribution in [0.4, 0.5) is 0 Å². The maximum Gasteiger partial charge on any atom is 0.244 e. The molecule has 2 heterocycles. The molecule has 0 spiro atoms. The van der Waals surface area contributed by atoms with Crippen LogP contribution in [-0.2, 0) is 11.3 Å². The Kier molecular flexibility index (Phi) is 3.69. The molecule has 1 unspecified atom stereocenters. The Hall–Kier alpha value is -1.88. The molecular weight excluding hydrogens is 276 g/mol. The second-order valence-electron chi connectivity index (χ2n) is 4.90. The van der Waals surface area contributed by atoms with Gasteiger partial charge in [0.15, 0.2) is 0 Å². The monoisotopic (exact) mass is 290 g/mol. The first-order chi connectivity index (χ1) is 9.74. The minimum absolute atomic E-state index is 0.0676. The van der Waals surface area contributed by atoms with E-state index in [4.69, 9.17) is 11.6 Å². The summed E-state index contributed by atoms with van der Waals surface area (Å²) in [4.78, 5) is 14.3. The largest absolute Gasteiger partial charge is 0.334 e. The number of hydrogen-bond acceptors (Lipinski definition) is 3. The van der Waals surface area contributed by atoms with E-state index in [1.54, 1.807) is 17.1 Å². The predicted molar refractivity (Wildman–Crippen MR) is 75.2 cm³/mol. The maximum absolute atomic E-state index is 12.4. The number of carbonyl (C=O) groups is 1. The van der Waals surface area contributed by atoms with Crippen molar-refractivity contribution in [3.8, 4) is 0 Å². The van der Waals surface area contributed by atoms with Crippen molar-refractivity contribution in [3.05, 3.63) is 47.2 Å². The number of carbonyl (C=O) groups excluding carboxylic acids is 1. The minimum atomic E-state index is 0.0676. The van der Waals surface area contributed by atoms with Crippen molar-refractivity contribution in [1.82, 2.24) is 19.9 Å². The zero-order valence-corrected chi connectivity index (χ0v) is 11.7. The Bertz CT molecular complexity index is 599. The van der Waals surface area contributed by atoms with Crippen LogP contribution < -0.4 is 0 Å². The van der Waals surface area contributed by atoms with Crippen molar-refractivity contribution in [1.29, 1.82) is 0 Å². The van der Waals surface area contributed by atoms with Crippen molar-refractivity contribution in [2.45, 2.75) is 25.4 Å². The first kappa shape index (κ1) is 13.1. The number of amides is 1. The lowest BCUT2D eigenvalue weighted by Crippen LogP contribution is -2.33. The standard InChI is InChI=1S/C14H15ClN4O/c15-12-4-1-3-11(9-12)13-5-2-7-19(13)14(20)10-18-8-6-16-17-18/h1,3-4,6,8-9,13H,2,5,7,10H2. The number of hydrogen-bond donors (Lipinski definition) is 0. The van der Waals surface area contributed by atoms with E-state index < -0.39 is 0 Å². The van der Waals surface area contributed by atoms with Crippen molar-refractivity contribution in [2.75, 3.05) is 6.54 Å². The summed E-state index contributed by atoms with van der Waals surface area (Å²) >= 11 is 6.04. The molecule has 1 aromatic heterocycles. The summed E-state index contributed by atoms with van der Waals surface area (Å²) in [5, 5.41) is 8.26. The van der Waals surface area contributed by atoms with Crippen LogP contribution in [0.15, 0.2) is 36.7 Å². The lowest BCUT2D eigenvalue weighted by atomic mass is 10.0. The van der Waals surface area contributed by atoms with E-state index in [9.17, 15) is 4.79 Å². The molecule has 0 N–H and O–H groups in total. The summed E-state index contributed by atoms with van der Waals surface area (Å²) in [7, 11) is 0. The third-order valence-corrected chi connectivity index (χ3v) is 3.81. The second kappa shape index (κ2) is 5.63. The third-order valence-electron chi connectivity index (χ3n) is 3.58. The van der Waals surface area contributed by atoms with Gasteiger partial charge in [-0.1, -0.05) is 28.9 Å². The van der Waals surface area contributed by atoms with Gasteiger partial charge in [-0.05, 0) is 30.5 Å². The summed E-state index contributed by atoms with van der Waals surface area (Å²) < 4.78 is 1.55. The zero-order valence-electron chi connectivity index (χ0n) is 10.9. The van der Waals surface area contributed by atoms with Gasteiger partial charge in [0.25, 0.3) is 0 Å². The van der Waals surface area contributed by atoms with Gasteiger partial charge in [-0.25, -0.2) is 4.68 Å². The smallest absolute Gasteiger partial charge is 0.244 e. The summed E-state index contributed by atoms with van der Waals surface area (Å²) in [5.41, 5.74) is 1.10. The number of rotatable bonds is 3. The minimum Gasteiger partial charge on any atom is -0.334 e. The van der Waals surface area contributed by atoms with Gasteiger partial charge in [0, 0.05) is 17.8 Å². The van der Waals surface area contributed by atoms with Crippen LogP contribution in [0.2, 0.25) is 5.02 Å². The van der Waals surface area contributed by atoms with Crippen LogP contribution in [0.1, 0.15) is 24.4 Å². The number of halogens is 1. The molecule has 6 heteroatoms. The fourth-order valence-electron chi connectivity index (χ4n) is 2.67. The van der Waals surface area contributed by atoms with Gasteiger partial charge < -0.3 is 4.90 Å². The normalized spacial score (nSPS) is 18.4. The predicted octanol–water partition coefficient (Wildman–Crippen LogP) is 2.30. The third kappa shape index (κ3) is 2.67. The fraction of sp³-hybridized carbons (Fsp3) is 0.357. The van der Waals surface area contributed by atoms with E-state index in [1.165, 1.54) is 0 Å².